The van der Waals surface area contributed by atoms with E-state index in [1.54, 1.807) is 7.11 Å². The summed E-state index contributed by atoms with van der Waals surface area (Å²) in [6, 6.07) is 1.62. The van der Waals surface area contributed by atoms with Gasteiger partial charge in [-0.15, -0.1) is 12.4 Å². The van der Waals surface area contributed by atoms with Crippen LogP contribution in [0.25, 0.3) is 0 Å². The van der Waals surface area contributed by atoms with Gasteiger partial charge in [0.1, 0.15) is 0 Å². The molecule has 2 aliphatic heterocycles. The summed E-state index contributed by atoms with van der Waals surface area (Å²) in [4.78, 5) is 12.3. The number of carbonyl (C=O) groups excluding carboxylic acids is 1. The number of fused-ring (bicyclic) bond motifs is 2. The summed E-state index contributed by atoms with van der Waals surface area (Å²) in [6.07, 6.45) is 6.90. The van der Waals surface area contributed by atoms with Gasteiger partial charge in [0.05, 0.1) is 6.10 Å². The van der Waals surface area contributed by atoms with E-state index in [0.717, 1.165) is 6.42 Å². The first kappa shape index (κ1) is 17.0. The van der Waals surface area contributed by atoms with E-state index in [4.69, 9.17) is 4.74 Å². The van der Waals surface area contributed by atoms with Crippen LogP contribution < -0.4 is 10.6 Å². The summed E-state index contributed by atoms with van der Waals surface area (Å²) >= 11 is 0. The molecule has 5 heteroatoms. The van der Waals surface area contributed by atoms with E-state index >= 15 is 0 Å². The Morgan fingerprint density at radius 1 is 1.24 bits per heavy atom. The Kier molecular flexibility index (Phi) is 5.22. The number of ether oxygens (including phenoxy) is 1. The van der Waals surface area contributed by atoms with Crippen LogP contribution in [0.5, 0.6) is 0 Å². The number of methoxy groups -OCH3 is 1. The zero-order valence-electron chi connectivity index (χ0n) is 13.4. The Hall–Kier alpha value is -0.320. The molecule has 1 saturated carbocycles. The molecule has 0 aromatic carbocycles. The summed E-state index contributed by atoms with van der Waals surface area (Å²) in [7, 11) is 1.76. The van der Waals surface area contributed by atoms with Crippen molar-refractivity contribution in [1.82, 2.24) is 10.6 Å². The fourth-order valence-electron chi connectivity index (χ4n) is 4.39. The lowest BCUT2D eigenvalue weighted by atomic mass is 9.64. The van der Waals surface area contributed by atoms with E-state index in [-0.39, 0.29) is 35.9 Å². The first-order chi connectivity index (χ1) is 9.49. The third-order valence-electron chi connectivity index (χ3n) is 5.84. The third kappa shape index (κ3) is 3.38. The van der Waals surface area contributed by atoms with Crippen molar-refractivity contribution in [3.05, 3.63) is 0 Å². The Morgan fingerprint density at radius 3 is 2.38 bits per heavy atom. The summed E-state index contributed by atoms with van der Waals surface area (Å²) in [5.41, 5.74) is 0.0670. The van der Waals surface area contributed by atoms with Gasteiger partial charge in [0.25, 0.3) is 0 Å². The quantitative estimate of drug-likeness (QED) is 0.836. The third-order valence-corrected chi connectivity index (χ3v) is 5.84. The summed E-state index contributed by atoms with van der Waals surface area (Å²) in [6.45, 7) is 4.36. The second kappa shape index (κ2) is 6.43. The molecule has 3 fully saturated rings. The molecule has 4 unspecified atom stereocenters. The van der Waals surface area contributed by atoms with Crippen molar-refractivity contribution in [2.24, 2.45) is 11.3 Å². The van der Waals surface area contributed by atoms with E-state index in [1.165, 1.54) is 25.7 Å². The van der Waals surface area contributed by atoms with Crippen molar-refractivity contribution in [2.45, 2.75) is 76.6 Å². The van der Waals surface area contributed by atoms with Crippen LogP contribution in [0.3, 0.4) is 0 Å². The maximum atomic E-state index is 12.3. The van der Waals surface area contributed by atoms with Gasteiger partial charge >= 0.3 is 0 Å². The molecule has 3 rings (SSSR count). The molecular weight excluding hydrogens is 288 g/mol. The van der Waals surface area contributed by atoms with Crippen LogP contribution in [0.1, 0.15) is 52.4 Å². The summed E-state index contributed by atoms with van der Waals surface area (Å²) in [5.74, 6) is 0.819. The number of hydrogen-bond acceptors (Lipinski definition) is 3. The molecule has 4 nitrogen and oxygen atoms in total. The molecule has 2 heterocycles. The van der Waals surface area contributed by atoms with Crippen molar-refractivity contribution >= 4 is 18.3 Å². The minimum atomic E-state index is 0. The molecule has 4 atom stereocenters. The Morgan fingerprint density at radius 2 is 1.86 bits per heavy atom. The van der Waals surface area contributed by atoms with Gasteiger partial charge in [-0.25, -0.2) is 0 Å². The zero-order chi connectivity index (χ0) is 14.3. The highest BCUT2D eigenvalue weighted by molar-refractivity contribution is 5.85. The minimum absolute atomic E-state index is 0. The maximum absolute atomic E-state index is 12.3. The zero-order valence-corrected chi connectivity index (χ0v) is 14.2. The SMILES string of the molecule is COC1CC(NC(=O)CC2CC3CCC(C2)N3)C1(C)C.Cl. The van der Waals surface area contributed by atoms with Crippen LogP contribution in [-0.2, 0) is 9.53 Å². The van der Waals surface area contributed by atoms with E-state index in [9.17, 15) is 4.79 Å². The molecule has 1 aliphatic carbocycles. The molecule has 0 spiro atoms. The Labute approximate surface area is 134 Å². The molecule has 3 aliphatic rings. The van der Waals surface area contributed by atoms with Crippen molar-refractivity contribution in [3.8, 4) is 0 Å². The molecular formula is C16H29ClN2O2. The number of carbonyl (C=O) groups is 1. The number of hydrogen-bond donors (Lipinski definition) is 2. The molecule has 0 aromatic heterocycles. The van der Waals surface area contributed by atoms with Crippen LogP contribution in [-0.4, -0.2) is 37.2 Å². The predicted octanol–water partition coefficient (Wildman–Crippen LogP) is 2.26. The average molecular weight is 317 g/mol. The second-order valence-corrected chi connectivity index (χ2v) is 7.58. The number of amides is 1. The largest absolute Gasteiger partial charge is 0.381 e. The number of piperidine rings is 1. The Balaban J connectivity index is 0.00000161. The summed E-state index contributed by atoms with van der Waals surface area (Å²) < 4.78 is 5.44. The monoisotopic (exact) mass is 316 g/mol. The minimum Gasteiger partial charge on any atom is -0.381 e. The van der Waals surface area contributed by atoms with Crippen molar-refractivity contribution in [3.63, 3.8) is 0 Å². The topological polar surface area (TPSA) is 50.4 Å². The molecule has 0 aromatic rings. The van der Waals surface area contributed by atoms with Gasteiger partial charge in [0, 0.05) is 37.1 Å². The lowest BCUT2D eigenvalue weighted by Gasteiger charge is -2.51. The lowest BCUT2D eigenvalue weighted by Crippen LogP contribution is -2.62. The average Bonchev–Trinajstić information content (AvgIpc) is 2.73. The smallest absolute Gasteiger partial charge is 0.220 e. The lowest BCUT2D eigenvalue weighted by molar-refractivity contribution is -0.133. The van der Waals surface area contributed by atoms with Crippen molar-refractivity contribution in [2.75, 3.05) is 7.11 Å². The molecule has 2 saturated heterocycles. The normalized spacial score (nSPS) is 40.0. The van der Waals surface area contributed by atoms with Gasteiger partial charge in [-0.1, -0.05) is 13.8 Å². The number of nitrogens with one attached hydrogen (secondary N) is 2. The highest BCUT2D eigenvalue weighted by Gasteiger charge is 2.49. The highest BCUT2D eigenvalue weighted by atomic mass is 35.5. The first-order valence-electron chi connectivity index (χ1n) is 8.07. The van der Waals surface area contributed by atoms with Crippen LogP contribution in [0.4, 0.5) is 0 Å². The molecule has 21 heavy (non-hydrogen) atoms. The van der Waals surface area contributed by atoms with Crippen molar-refractivity contribution in [1.29, 1.82) is 0 Å². The van der Waals surface area contributed by atoms with E-state index in [2.05, 4.69) is 24.5 Å². The first-order valence-corrected chi connectivity index (χ1v) is 8.07. The standard InChI is InChI=1S/C16H28N2O2.ClH/c1-16(2)13(9-14(16)20-3)18-15(19)8-10-6-11-4-5-12(7-10)17-11;/h10-14,17H,4-9H2,1-3H3,(H,18,19);1H. The highest BCUT2D eigenvalue weighted by Crippen LogP contribution is 2.42. The fraction of sp³-hybridized carbons (Fsp3) is 0.938. The van der Waals surface area contributed by atoms with E-state index < -0.39 is 0 Å². The summed E-state index contributed by atoms with van der Waals surface area (Å²) in [5, 5.41) is 6.86. The number of halogens is 1. The Bertz CT molecular complexity index is 376. The maximum Gasteiger partial charge on any atom is 0.220 e. The van der Waals surface area contributed by atoms with Gasteiger partial charge in [-0.05, 0) is 38.0 Å². The van der Waals surface area contributed by atoms with Gasteiger partial charge in [-0.2, -0.15) is 0 Å². The predicted molar refractivity (Wildman–Crippen MR) is 85.7 cm³/mol. The molecule has 1 amide bonds. The van der Waals surface area contributed by atoms with Crippen LogP contribution in [0, 0.1) is 11.3 Å². The number of rotatable bonds is 4. The fourth-order valence-corrected chi connectivity index (χ4v) is 4.39. The van der Waals surface area contributed by atoms with Gasteiger partial charge in [0.2, 0.25) is 5.91 Å². The van der Waals surface area contributed by atoms with Crippen molar-refractivity contribution < 1.29 is 9.53 Å². The van der Waals surface area contributed by atoms with Crippen LogP contribution in [0.15, 0.2) is 0 Å². The van der Waals surface area contributed by atoms with E-state index in [0.29, 0.717) is 24.4 Å². The van der Waals surface area contributed by atoms with Gasteiger partial charge < -0.3 is 15.4 Å². The molecule has 0 radical (unpaired) electrons. The second-order valence-electron chi connectivity index (χ2n) is 7.58. The molecule has 122 valence electrons. The van der Waals surface area contributed by atoms with Gasteiger partial charge in [-0.3, -0.25) is 4.79 Å². The van der Waals surface area contributed by atoms with E-state index in [1.807, 2.05) is 0 Å². The molecule has 2 bridgehead atoms. The van der Waals surface area contributed by atoms with Crippen LogP contribution >= 0.6 is 12.4 Å². The van der Waals surface area contributed by atoms with Gasteiger partial charge in [0.15, 0.2) is 0 Å². The molecule has 2 N–H and O–H groups in total. The van der Waals surface area contributed by atoms with Crippen LogP contribution in [0.2, 0.25) is 0 Å².